The van der Waals surface area contributed by atoms with Crippen molar-refractivity contribution in [1.29, 1.82) is 0 Å². The Morgan fingerprint density at radius 3 is 2.40 bits per heavy atom. The summed E-state index contributed by atoms with van der Waals surface area (Å²) >= 11 is 0. The molecular formula is C26H32N4O5. The molecule has 0 aliphatic carbocycles. The normalized spacial score (nSPS) is 16.9. The molecule has 0 bridgehead atoms. The molecular weight excluding hydrogens is 448 g/mol. The van der Waals surface area contributed by atoms with E-state index in [1.807, 2.05) is 37.3 Å². The van der Waals surface area contributed by atoms with E-state index < -0.39 is 0 Å². The van der Waals surface area contributed by atoms with E-state index in [1.165, 1.54) is 0 Å². The molecule has 2 aromatic carbocycles. The first-order valence-electron chi connectivity index (χ1n) is 11.7. The number of allylic oxidation sites excluding steroid dienone is 1. The number of fused-ring (bicyclic) bond motifs is 1. The lowest BCUT2D eigenvalue weighted by molar-refractivity contribution is -0.120. The lowest BCUT2D eigenvalue weighted by Gasteiger charge is -2.28. The van der Waals surface area contributed by atoms with Crippen molar-refractivity contribution in [3.05, 3.63) is 47.7 Å². The second kappa shape index (κ2) is 10.8. The first kappa shape index (κ1) is 24.6. The quantitative estimate of drug-likeness (QED) is 0.561. The van der Waals surface area contributed by atoms with Gasteiger partial charge in [-0.15, -0.1) is 0 Å². The molecule has 2 aliphatic rings. The summed E-state index contributed by atoms with van der Waals surface area (Å²) in [5.41, 5.74) is 4.45. The number of morpholine rings is 1. The van der Waals surface area contributed by atoms with Crippen LogP contribution in [0, 0.1) is 0 Å². The number of carbonyl (C=O) groups excluding carboxylic acids is 2. The summed E-state index contributed by atoms with van der Waals surface area (Å²) in [5, 5.41) is 6.31. The number of hydrogen-bond acceptors (Lipinski definition) is 7. The summed E-state index contributed by atoms with van der Waals surface area (Å²) in [6.45, 7) is 5.23. The molecule has 1 fully saturated rings. The van der Waals surface area contributed by atoms with Gasteiger partial charge in [-0.3, -0.25) is 14.5 Å². The third-order valence-electron chi connectivity index (χ3n) is 6.31. The summed E-state index contributed by atoms with van der Waals surface area (Å²) in [7, 11) is 4.92. The summed E-state index contributed by atoms with van der Waals surface area (Å²) in [6, 6.07) is 11.2. The molecule has 9 heteroatoms. The van der Waals surface area contributed by atoms with Gasteiger partial charge in [0.25, 0.3) is 5.91 Å². The first-order valence-corrected chi connectivity index (χ1v) is 11.7. The lowest BCUT2D eigenvalue weighted by Crippen LogP contribution is -2.43. The maximum Gasteiger partial charge on any atom is 0.258 e. The Kier molecular flexibility index (Phi) is 7.57. The summed E-state index contributed by atoms with van der Waals surface area (Å²) < 4.78 is 16.1. The topological polar surface area (TPSA) is 92.4 Å². The smallest absolute Gasteiger partial charge is 0.258 e. The molecule has 0 spiro atoms. The molecule has 0 radical (unpaired) electrons. The van der Waals surface area contributed by atoms with Crippen molar-refractivity contribution in [2.45, 2.75) is 13.3 Å². The summed E-state index contributed by atoms with van der Waals surface area (Å²) in [5.74, 6) is 0.976. The number of hydrogen-bond donors (Lipinski definition) is 2. The minimum atomic E-state index is -0.176. The van der Waals surface area contributed by atoms with E-state index in [2.05, 4.69) is 15.5 Å². The van der Waals surface area contributed by atoms with Gasteiger partial charge >= 0.3 is 0 Å². The molecule has 2 amide bonds. The monoisotopic (exact) mass is 480 g/mol. The highest BCUT2D eigenvalue weighted by Crippen LogP contribution is 2.42. The van der Waals surface area contributed by atoms with Crippen LogP contribution in [-0.2, 0) is 14.3 Å². The number of benzene rings is 2. The number of anilines is 3. The number of rotatable bonds is 8. The molecule has 0 saturated carbocycles. The van der Waals surface area contributed by atoms with E-state index in [4.69, 9.17) is 14.2 Å². The van der Waals surface area contributed by atoms with Crippen LogP contribution >= 0.6 is 0 Å². The van der Waals surface area contributed by atoms with Crippen molar-refractivity contribution in [3.8, 4) is 11.5 Å². The molecule has 2 N–H and O–H groups in total. The molecule has 2 heterocycles. The average molecular weight is 481 g/mol. The predicted octanol–water partition coefficient (Wildman–Crippen LogP) is 3.18. The fourth-order valence-corrected chi connectivity index (χ4v) is 4.27. The lowest BCUT2D eigenvalue weighted by atomic mass is 10.0. The fraction of sp³-hybridized carbons (Fsp3) is 0.385. The zero-order chi connectivity index (χ0) is 24.9. The Balaban J connectivity index is 1.52. The highest BCUT2D eigenvalue weighted by Gasteiger charge is 2.29. The number of nitrogens with one attached hydrogen (secondary N) is 2. The Labute approximate surface area is 205 Å². The number of ether oxygens (including phenoxy) is 3. The Morgan fingerprint density at radius 2 is 1.77 bits per heavy atom. The van der Waals surface area contributed by atoms with Gasteiger partial charge in [-0.25, -0.2) is 0 Å². The van der Waals surface area contributed by atoms with E-state index in [0.717, 1.165) is 35.7 Å². The second-order valence-corrected chi connectivity index (χ2v) is 8.43. The largest absolute Gasteiger partial charge is 0.493 e. The van der Waals surface area contributed by atoms with E-state index in [0.29, 0.717) is 48.9 Å². The van der Waals surface area contributed by atoms with Crippen LogP contribution in [0.2, 0.25) is 0 Å². The van der Waals surface area contributed by atoms with Gasteiger partial charge in [-0.05, 0) is 36.8 Å². The minimum Gasteiger partial charge on any atom is -0.493 e. The molecule has 1 saturated heterocycles. The SMILES string of the molecule is CC/C(Nc1ccc(N(C)C(=O)CN2CCOCC2)cc1)=C1/C(=O)Nc2cc(OC)c(OC)cc21. The summed E-state index contributed by atoms with van der Waals surface area (Å²) in [4.78, 5) is 29.3. The van der Waals surface area contributed by atoms with Crippen molar-refractivity contribution in [1.82, 2.24) is 4.90 Å². The van der Waals surface area contributed by atoms with Gasteiger partial charge in [0.15, 0.2) is 11.5 Å². The fourth-order valence-electron chi connectivity index (χ4n) is 4.27. The maximum atomic E-state index is 12.9. The van der Waals surface area contributed by atoms with Gasteiger partial charge in [0.1, 0.15) is 0 Å². The Morgan fingerprint density at radius 1 is 1.11 bits per heavy atom. The third-order valence-corrected chi connectivity index (χ3v) is 6.31. The minimum absolute atomic E-state index is 0.0348. The maximum absolute atomic E-state index is 12.9. The van der Waals surface area contributed by atoms with Gasteiger partial charge < -0.3 is 29.7 Å². The molecule has 35 heavy (non-hydrogen) atoms. The van der Waals surface area contributed by atoms with Crippen LogP contribution in [-0.4, -0.2) is 70.8 Å². The highest BCUT2D eigenvalue weighted by molar-refractivity contribution is 6.32. The predicted molar refractivity (Wildman–Crippen MR) is 136 cm³/mol. The molecule has 0 atom stereocenters. The van der Waals surface area contributed by atoms with Crippen LogP contribution in [0.3, 0.4) is 0 Å². The molecule has 0 aromatic heterocycles. The van der Waals surface area contributed by atoms with Crippen molar-refractivity contribution < 1.29 is 23.8 Å². The Bertz CT molecular complexity index is 1120. The molecule has 2 aliphatic heterocycles. The van der Waals surface area contributed by atoms with E-state index in [1.54, 1.807) is 32.2 Å². The van der Waals surface area contributed by atoms with Crippen molar-refractivity contribution in [2.24, 2.45) is 0 Å². The van der Waals surface area contributed by atoms with Gasteiger partial charge in [-0.2, -0.15) is 0 Å². The van der Waals surface area contributed by atoms with Gasteiger partial charge in [-0.1, -0.05) is 6.92 Å². The van der Waals surface area contributed by atoms with Crippen LogP contribution in [0.15, 0.2) is 42.1 Å². The number of carbonyl (C=O) groups is 2. The van der Waals surface area contributed by atoms with Gasteiger partial charge in [0.2, 0.25) is 5.91 Å². The van der Waals surface area contributed by atoms with E-state index in [9.17, 15) is 9.59 Å². The third kappa shape index (κ3) is 5.26. The molecule has 186 valence electrons. The van der Waals surface area contributed by atoms with Gasteiger partial charge in [0.05, 0.1) is 45.2 Å². The number of methoxy groups -OCH3 is 2. The van der Waals surface area contributed by atoms with Crippen LogP contribution in [0.25, 0.3) is 5.57 Å². The van der Waals surface area contributed by atoms with Crippen molar-refractivity contribution in [2.75, 3.05) is 69.6 Å². The number of nitrogens with zero attached hydrogens (tertiary/aromatic N) is 2. The van der Waals surface area contributed by atoms with E-state index in [-0.39, 0.29) is 11.8 Å². The zero-order valence-corrected chi connectivity index (χ0v) is 20.6. The van der Waals surface area contributed by atoms with Crippen LogP contribution in [0.5, 0.6) is 11.5 Å². The molecule has 2 aromatic rings. The Hall–Kier alpha value is -3.56. The molecule has 9 nitrogen and oxygen atoms in total. The number of likely N-dealkylation sites (N-methyl/N-ethyl adjacent to an activating group) is 1. The van der Waals surface area contributed by atoms with Crippen LogP contribution in [0.1, 0.15) is 18.9 Å². The number of amides is 2. The van der Waals surface area contributed by atoms with E-state index >= 15 is 0 Å². The standard InChI is InChI=1S/C26H32N4O5/c1-5-20(25-19-14-22(33-3)23(34-4)15-21(19)28-26(25)32)27-17-6-8-18(9-7-17)29(2)24(31)16-30-10-12-35-13-11-30/h6-9,14-15,27H,5,10-13,16H2,1-4H3,(H,28,32)/b25-20-. The first-order chi connectivity index (χ1) is 16.9. The molecule has 0 unspecified atom stereocenters. The van der Waals surface area contributed by atoms with Crippen LogP contribution < -0.4 is 25.0 Å². The van der Waals surface area contributed by atoms with Crippen LogP contribution in [0.4, 0.5) is 17.1 Å². The van der Waals surface area contributed by atoms with Gasteiger partial charge in [0, 0.05) is 48.8 Å². The second-order valence-electron chi connectivity index (χ2n) is 8.43. The summed E-state index contributed by atoms with van der Waals surface area (Å²) in [6.07, 6.45) is 0.621. The van der Waals surface area contributed by atoms with Crippen molar-refractivity contribution in [3.63, 3.8) is 0 Å². The average Bonchev–Trinajstić information content (AvgIpc) is 3.21. The highest BCUT2D eigenvalue weighted by atomic mass is 16.5. The van der Waals surface area contributed by atoms with Crippen molar-refractivity contribution >= 4 is 34.4 Å². The molecule has 4 rings (SSSR count). The zero-order valence-electron chi connectivity index (χ0n) is 20.6.